The molecule has 0 aromatic heterocycles. The van der Waals surface area contributed by atoms with E-state index in [1.807, 2.05) is 0 Å². The molecule has 0 bridgehead atoms. The number of phenols is 1. The van der Waals surface area contributed by atoms with Crippen molar-refractivity contribution in [2.45, 2.75) is 0 Å². The number of nitro benzene ring substituents is 1. The molecule has 0 saturated heterocycles. The summed E-state index contributed by atoms with van der Waals surface area (Å²) in [5, 5.41) is 33.1. The molecule has 8 nitrogen and oxygen atoms in total. The number of anilines is 1. The molecule has 0 saturated carbocycles. The highest BCUT2D eigenvalue weighted by Gasteiger charge is 2.13. The second kappa shape index (κ2) is 6.52. The summed E-state index contributed by atoms with van der Waals surface area (Å²) >= 11 is 0. The molecular formula is C18H12N2O6. The van der Waals surface area contributed by atoms with Crippen molar-refractivity contribution in [3.8, 4) is 5.75 Å². The van der Waals surface area contributed by atoms with Gasteiger partial charge in [-0.2, -0.15) is 0 Å². The summed E-state index contributed by atoms with van der Waals surface area (Å²) in [7, 11) is 0. The Morgan fingerprint density at radius 2 is 1.65 bits per heavy atom. The van der Waals surface area contributed by atoms with Crippen LogP contribution in [0, 0.1) is 10.1 Å². The van der Waals surface area contributed by atoms with Crippen molar-refractivity contribution < 1.29 is 24.7 Å². The van der Waals surface area contributed by atoms with Crippen LogP contribution in [0.1, 0.15) is 20.7 Å². The van der Waals surface area contributed by atoms with Crippen LogP contribution < -0.4 is 5.32 Å². The summed E-state index contributed by atoms with van der Waals surface area (Å²) < 4.78 is 0. The Morgan fingerprint density at radius 1 is 0.962 bits per heavy atom. The largest absolute Gasteiger partial charge is 0.507 e. The van der Waals surface area contributed by atoms with Gasteiger partial charge in [0.25, 0.3) is 11.6 Å². The van der Waals surface area contributed by atoms with Gasteiger partial charge >= 0.3 is 5.97 Å². The van der Waals surface area contributed by atoms with Crippen molar-refractivity contribution >= 4 is 34.0 Å². The number of hydrogen-bond acceptors (Lipinski definition) is 5. The molecule has 3 N–H and O–H groups in total. The third kappa shape index (κ3) is 3.29. The molecule has 0 aliphatic carbocycles. The Bertz CT molecular complexity index is 1040. The van der Waals surface area contributed by atoms with E-state index in [4.69, 9.17) is 5.11 Å². The maximum Gasteiger partial charge on any atom is 0.339 e. The highest BCUT2D eigenvalue weighted by molar-refractivity contribution is 6.07. The molecule has 0 radical (unpaired) electrons. The maximum absolute atomic E-state index is 12.4. The fraction of sp³-hybridized carbons (Fsp3) is 0. The number of nitrogens with zero attached hydrogens (tertiary/aromatic N) is 1. The molecule has 0 aliphatic heterocycles. The Hall–Kier alpha value is -3.94. The number of aromatic hydroxyl groups is 1. The number of aromatic carboxylic acids is 1. The van der Waals surface area contributed by atoms with Crippen LogP contribution in [0.3, 0.4) is 0 Å². The number of benzene rings is 3. The van der Waals surface area contributed by atoms with Crippen LogP contribution in [0.15, 0.2) is 54.6 Å². The normalized spacial score (nSPS) is 10.5. The molecule has 8 heteroatoms. The van der Waals surface area contributed by atoms with Gasteiger partial charge in [0.1, 0.15) is 11.3 Å². The Kier molecular flexibility index (Phi) is 4.24. The van der Waals surface area contributed by atoms with Crippen molar-refractivity contribution in [1.29, 1.82) is 0 Å². The molecule has 3 rings (SSSR count). The molecule has 3 aromatic rings. The Balaban J connectivity index is 1.89. The quantitative estimate of drug-likeness (QED) is 0.487. The zero-order valence-electron chi connectivity index (χ0n) is 13.2. The number of nitro groups is 1. The lowest BCUT2D eigenvalue weighted by Crippen LogP contribution is -2.11. The van der Waals surface area contributed by atoms with Crippen LogP contribution in [-0.2, 0) is 0 Å². The third-order valence-electron chi connectivity index (χ3n) is 3.78. The van der Waals surface area contributed by atoms with Gasteiger partial charge in [-0.15, -0.1) is 0 Å². The summed E-state index contributed by atoms with van der Waals surface area (Å²) in [6.07, 6.45) is 0. The molecule has 0 fully saturated rings. The molecule has 26 heavy (non-hydrogen) atoms. The third-order valence-corrected chi connectivity index (χ3v) is 3.78. The number of nitrogens with one attached hydrogen (secondary N) is 1. The Labute approximate surface area is 146 Å². The van der Waals surface area contributed by atoms with E-state index < -0.39 is 16.8 Å². The molecule has 130 valence electrons. The van der Waals surface area contributed by atoms with E-state index in [2.05, 4.69) is 5.32 Å². The molecule has 1 amide bonds. The number of hydrogen-bond donors (Lipinski definition) is 3. The van der Waals surface area contributed by atoms with Gasteiger partial charge in [-0.1, -0.05) is 6.07 Å². The predicted octanol–water partition coefficient (Wildman–Crippen LogP) is 3.40. The van der Waals surface area contributed by atoms with Gasteiger partial charge in [0, 0.05) is 23.4 Å². The molecule has 0 unspecified atom stereocenters. The number of carbonyl (C=O) groups excluding carboxylic acids is 1. The Morgan fingerprint density at radius 3 is 2.27 bits per heavy atom. The molecule has 0 heterocycles. The fourth-order valence-electron chi connectivity index (χ4n) is 2.47. The summed E-state index contributed by atoms with van der Waals surface area (Å²) in [6, 6.07) is 12.6. The lowest BCUT2D eigenvalue weighted by molar-refractivity contribution is -0.384. The number of non-ortho nitro benzene ring substituents is 1. The van der Waals surface area contributed by atoms with Crippen LogP contribution in [0.25, 0.3) is 10.8 Å². The van der Waals surface area contributed by atoms with Crippen LogP contribution in [0.2, 0.25) is 0 Å². The van der Waals surface area contributed by atoms with Gasteiger partial charge in [-0.3, -0.25) is 14.9 Å². The number of amides is 1. The van der Waals surface area contributed by atoms with E-state index in [9.17, 15) is 24.8 Å². The van der Waals surface area contributed by atoms with Crippen molar-refractivity contribution in [3.05, 3.63) is 75.8 Å². The smallest absolute Gasteiger partial charge is 0.339 e. The summed E-state index contributed by atoms with van der Waals surface area (Å²) in [6.45, 7) is 0. The van der Waals surface area contributed by atoms with Gasteiger partial charge < -0.3 is 15.5 Å². The minimum atomic E-state index is -1.27. The van der Waals surface area contributed by atoms with Gasteiger partial charge in [0.2, 0.25) is 0 Å². The molecule has 3 aromatic carbocycles. The molecule has 0 spiro atoms. The average Bonchev–Trinajstić information content (AvgIpc) is 2.61. The lowest BCUT2D eigenvalue weighted by Gasteiger charge is -2.08. The zero-order chi connectivity index (χ0) is 18.8. The van der Waals surface area contributed by atoms with Gasteiger partial charge in [0.05, 0.1) is 4.92 Å². The monoisotopic (exact) mass is 352 g/mol. The van der Waals surface area contributed by atoms with E-state index >= 15 is 0 Å². The second-order valence-corrected chi connectivity index (χ2v) is 5.49. The van der Waals surface area contributed by atoms with Crippen LogP contribution in [0.4, 0.5) is 11.4 Å². The zero-order valence-corrected chi connectivity index (χ0v) is 13.2. The van der Waals surface area contributed by atoms with Gasteiger partial charge in [-0.05, 0) is 47.2 Å². The van der Waals surface area contributed by atoms with Crippen molar-refractivity contribution in [1.82, 2.24) is 0 Å². The number of rotatable bonds is 4. The van der Waals surface area contributed by atoms with E-state index in [1.54, 1.807) is 6.07 Å². The van der Waals surface area contributed by atoms with E-state index in [0.717, 1.165) is 0 Å². The fourth-order valence-corrected chi connectivity index (χ4v) is 2.47. The first-order chi connectivity index (χ1) is 12.3. The van der Waals surface area contributed by atoms with Crippen LogP contribution in [-0.4, -0.2) is 27.0 Å². The number of fused-ring (bicyclic) bond motifs is 1. The summed E-state index contributed by atoms with van der Waals surface area (Å²) in [5.74, 6) is -2.08. The number of carboxylic acids is 1. The average molecular weight is 352 g/mol. The molecular weight excluding hydrogens is 340 g/mol. The summed E-state index contributed by atoms with van der Waals surface area (Å²) in [4.78, 5) is 33.6. The number of carboxylic acid groups (broad SMARTS) is 1. The van der Waals surface area contributed by atoms with Crippen molar-refractivity contribution in [3.63, 3.8) is 0 Å². The molecule has 0 atom stereocenters. The SMILES string of the molecule is O=C(Nc1ccc([N+](=O)[O-])cc1)c1ccc2cc(O)c(C(=O)O)cc2c1. The standard InChI is InChI=1S/C18H12N2O6/c21-16-9-10-1-2-11(7-12(10)8-15(16)18(23)24)17(22)19-13-3-5-14(6-4-13)20(25)26/h1-9,21H,(H,19,22)(H,23,24). The first kappa shape index (κ1) is 16.9. The van der Waals surface area contributed by atoms with Gasteiger partial charge in [0.15, 0.2) is 0 Å². The maximum atomic E-state index is 12.4. The van der Waals surface area contributed by atoms with Crippen LogP contribution in [0.5, 0.6) is 5.75 Å². The number of carbonyl (C=O) groups is 2. The predicted molar refractivity (Wildman–Crippen MR) is 93.6 cm³/mol. The minimum Gasteiger partial charge on any atom is -0.507 e. The highest BCUT2D eigenvalue weighted by Crippen LogP contribution is 2.26. The second-order valence-electron chi connectivity index (χ2n) is 5.49. The van der Waals surface area contributed by atoms with Crippen molar-refractivity contribution in [2.24, 2.45) is 0 Å². The topological polar surface area (TPSA) is 130 Å². The first-order valence-electron chi connectivity index (χ1n) is 7.41. The minimum absolute atomic E-state index is 0.0882. The lowest BCUT2D eigenvalue weighted by atomic mass is 10.0. The van der Waals surface area contributed by atoms with Crippen molar-refractivity contribution in [2.75, 3.05) is 5.32 Å². The highest BCUT2D eigenvalue weighted by atomic mass is 16.6. The van der Waals surface area contributed by atoms with Gasteiger partial charge in [-0.25, -0.2) is 4.79 Å². The summed E-state index contributed by atoms with van der Waals surface area (Å²) in [5.41, 5.74) is 0.315. The van der Waals surface area contributed by atoms with Crippen LogP contribution >= 0.6 is 0 Å². The van der Waals surface area contributed by atoms with E-state index in [1.165, 1.54) is 48.5 Å². The van der Waals surface area contributed by atoms with E-state index in [0.29, 0.717) is 16.5 Å². The first-order valence-corrected chi connectivity index (χ1v) is 7.41. The molecule has 0 aliphatic rings. The van der Waals surface area contributed by atoms with E-state index in [-0.39, 0.29) is 22.6 Å².